The van der Waals surface area contributed by atoms with E-state index in [1.54, 1.807) is 12.1 Å². The fourth-order valence-electron chi connectivity index (χ4n) is 1.71. The average Bonchev–Trinajstić information content (AvgIpc) is 2.50. The molecule has 1 aromatic heterocycles. The maximum absolute atomic E-state index is 12.0. The van der Waals surface area contributed by atoms with E-state index in [9.17, 15) is 4.79 Å². The van der Waals surface area contributed by atoms with Gasteiger partial charge in [0.2, 0.25) is 11.9 Å². The van der Waals surface area contributed by atoms with Crippen LogP contribution >= 0.6 is 0 Å². The molecule has 2 rings (SSSR count). The van der Waals surface area contributed by atoms with Crippen LogP contribution in [0.5, 0.6) is 5.75 Å². The third-order valence-corrected chi connectivity index (χ3v) is 2.72. The van der Waals surface area contributed by atoms with Crippen LogP contribution in [-0.4, -0.2) is 27.0 Å². The Labute approximate surface area is 127 Å². The van der Waals surface area contributed by atoms with Crippen molar-refractivity contribution in [3.8, 4) is 5.75 Å². The van der Waals surface area contributed by atoms with Crippen LogP contribution in [-0.2, 0) is 16.1 Å². The molecule has 1 unspecified atom stereocenters. The fraction of sp³-hybridized carbons (Fsp3) is 0.286. The summed E-state index contributed by atoms with van der Waals surface area (Å²) in [7, 11) is 0. The topological polar surface area (TPSA) is 126 Å². The molecular weight excluding hydrogens is 286 g/mol. The fourth-order valence-corrected chi connectivity index (χ4v) is 1.71. The first-order chi connectivity index (χ1) is 10.6. The normalized spacial score (nSPS) is 11.7. The van der Waals surface area contributed by atoms with Gasteiger partial charge in [0.1, 0.15) is 5.75 Å². The number of nitrogen functional groups attached to an aromatic ring is 2. The molecule has 116 valence electrons. The predicted octanol–water partition coefficient (Wildman–Crippen LogP) is 0.937. The van der Waals surface area contributed by atoms with Gasteiger partial charge in [-0.1, -0.05) is 25.1 Å². The molecule has 0 fully saturated rings. The molecule has 1 heterocycles. The number of hydrogen-bond donors (Lipinski definition) is 2. The smallest absolute Gasteiger partial charge is 0.347 e. The molecule has 4 N–H and O–H groups in total. The Morgan fingerprint density at radius 1 is 1.14 bits per heavy atom. The molecule has 0 amide bonds. The van der Waals surface area contributed by atoms with Crippen LogP contribution in [0.25, 0.3) is 0 Å². The second-order valence-electron chi connectivity index (χ2n) is 4.40. The SMILES string of the molecule is CCC(Oc1ccccc1)C(=O)OCc1nc(N)nc(N)n1. The minimum Gasteiger partial charge on any atom is -0.479 e. The van der Waals surface area contributed by atoms with Crippen molar-refractivity contribution in [3.63, 3.8) is 0 Å². The molecular formula is C14H17N5O3. The van der Waals surface area contributed by atoms with Gasteiger partial charge in [-0.25, -0.2) is 4.79 Å². The van der Waals surface area contributed by atoms with E-state index in [2.05, 4.69) is 15.0 Å². The number of carbonyl (C=O) groups is 1. The molecule has 2 aromatic rings. The highest BCUT2D eigenvalue weighted by Crippen LogP contribution is 2.13. The van der Waals surface area contributed by atoms with Crippen molar-refractivity contribution in [2.45, 2.75) is 26.1 Å². The Hall–Kier alpha value is -2.90. The minimum atomic E-state index is -0.709. The van der Waals surface area contributed by atoms with Gasteiger partial charge in [0, 0.05) is 0 Å². The van der Waals surface area contributed by atoms with E-state index < -0.39 is 12.1 Å². The van der Waals surface area contributed by atoms with Gasteiger partial charge >= 0.3 is 5.97 Å². The second-order valence-corrected chi connectivity index (χ2v) is 4.40. The van der Waals surface area contributed by atoms with Crippen LogP contribution in [0.3, 0.4) is 0 Å². The van der Waals surface area contributed by atoms with E-state index in [0.717, 1.165) is 0 Å². The quantitative estimate of drug-likeness (QED) is 0.755. The van der Waals surface area contributed by atoms with Gasteiger partial charge in [0.25, 0.3) is 0 Å². The van der Waals surface area contributed by atoms with Gasteiger partial charge < -0.3 is 20.9 Å². The Kier molecular flexibility index (Phi) is 5.07. The van der Waals surface area contributed by atoms with E-state index in [-0.39, 0.29) is 24.3 Å². The number of rotatable bonds is 6. The lowest BCUT2D eigenvalue weighted by molar-refractivity contribution is -0.153. The first-order valence-corrected chi connectivity index (χ1v) is 6.72. The minimum absolute atomic E-state index is 0.0221. The van der Waals surface area contributed by atoms with E-state index in [1.165, 1.54) is 0 Å². The Balaban J connectivity index is 1.94. The van der Waals surface area contributed by atoms with Crippen molar-refractivity contribution >= 4 is 17.9 Å². The van der Waals surface area contributed by atoms with Gasteiger partial charge in [-0.15, -0.1) is 0 Å². The van der Waals surface area contributed by atoms with Crippen molar-refractivity contribution < 1.29 is 14.3 Å². The van der Waals surface area contributed by atoms with Crippen molar-refractivity contribution in [3.05, 3.63) is 36.2 Å². The number of aromatic nitrogens is 3. The van der Waals surface area contributed by atoms with Crippen LogP contribution in [0.4, 0.5) is 11.9 Å². The zero-order valence-corrected chi connectivity index (χ0v) is 12.1. The largest absolute Gasteiger partial charge is 0.479 e. The van der Waals surface area contributed by atoms with Gasteiger partial charge in [0.05, 0.1) is 0 Å². The van der Waals surface area contributed by atoms with Crippen molar-refractivity contribution in [2.75, 3.05) is 11.5 Å². The summed E-state index contributed by atoms with van der Waals surface area (Å²) in [5, 5.41) is 0. The standard InChI is InChI=1S/C14H17N5O3/c1-2-10(22-9-6-4-3-5-7-9)12(20)21-8-11-17-13(15)19-14(16)18-11/h3-7,10H,2,8H2,1H3,(H4,15,16,17,18,19). The van der Waals surface area contributed by atoms with Crippen LogP contribution in [0.2, 0.25) is 0 Å². The first kappa shape index (κ1) is 15.5. The van der Waals surface area contributed by atoms with Crippen LogP contribution in [0.15, 0.2) is 30.3 Å². The molecule has 0 aliphatic carbocycles. The highest BCUT2D eigenvalue weighted by molar-refractivity contribution is 5.75. The monoisotopic (exact) mass is 303 g/mol. The van der Waals surface area contributed by atoms with Crippen LogP contribution in [0.1, 0.15) is 19.2 Å². The molecule has 0 radical (unpaired) electrons. The highest BCUT2D eigenvalue weighted by Gasteiger charge is 2.20. The number of esters is 1. The molecule has 22 heavy (non-hydrogen) atoms. The first-order valence-electron chi connectivity index (χ1n) is 6.72. The molecule has 1 aromatic carbocycles. The summed E-state index contributed by atoms with van der Waals surface area (Å²) in [5.41, 5.74) is 10.9. The molecule has 1 atom stereocenters. The zero-order valence-electron chi connectivity index (χ0n) is 12.1. The number of ether oxygens (including phenoxy) is 2. The van der Waals surface area contributed by atoms with Crippen LogP contribution < -0.4 is 16.2 Å². The molecule has 8 nitrogen and oxygen atoms in total. The lowest BCUT2D eigenvalue weighted by Gasteiger charge is -2.16. The number of anilines is 2. The van der Waals surface area contributed by atoms with E-state index >= 15 is 0 Å². The Morgan fingerprint density at radius 2 is 1.77 bits per heavy atom. The molecule has 0 saturated carbocycles. The number of hydrogen-bond acceptors (Lipinski definition) is 8. The van der Waals surface area contributed by atoms with Gasteiger partial charge in [-0.05, 0) is 18.6 Å². The number of carbonyl (C=O) groups excluding carboxylic acids is 1. The molecule has 0 aliphatic rings. The maximum atomic E-state index is 12.0. The summed E-state index contributed by atoms with van der Waals surface area (Å²) >= 11 is 0. The molecule has 0 bridgehead atoms. The second kappa shape index (κ2) is 7.21. The molecule has 0 saturated heterocycles. The van der Waals surface area contributed by atoms with Crippen molar-refractivity contribution in [1.82, 2.24) is 15.0 Å². The summed E-state index contributed by atoms with van der Waals surface area (Å²) in [6, 6.07) is 9.04. The molecule has 0 spiro atoms. The van der Waals surface area contributed by atoms with E-state index in [1.807, 2.05) is 25.1 Å². The summed E-state index contributed by atoms with van der Waals surface area (Å²) in [4.78, 5) is 23.3. The molecule has 0 aliphatic heterocycles. The highest BCUT2D eigenvalue weighted by atomic mass is 16.6. The Morgan fingerprint density at radius 3 is 2.36 bits per heavy atom. The summed E-state index contributed by atoms with van der Waals surface area (Å²) < 4.78 is 10.7. The lowest BCUT2D eigenvalue weighted by atomic mass is 10.2. The number of nitrogens with zero attached hydrogens (tertiary/aromatic N) is 3. The predicted molar refractivity (Wildman–Crippen MR) is 79.6 cm³/mol. The van der Waals surface area contributed by atoms with Gasteiger partial charge in [0.15, 0.2) is 18.5 Å². The third kappa shape index (κ3) is 4.30. The van der Waals surface area contributed by atoms with Gasteiger partial charge in [-0.2, -0.15) is 15.0 Å². The average molecular weight is 303 g/mol. The lowest BCUT2D eigenvalue weighted by Crippen LogP contribution is -2.29. The van der Waals surface area contributed by atoms with Crippen molar-refractivity contribution in [1.29, 1.82) is 0 Å². The number of para-hydroxylation sites is 1. The third-order valence-electron chi connectivity index (χ3n) is 2.72. The maximum Gasteiger partial charge on any atom is 0.347 e. The summed E-state index contributed by atoms with van der Waals surface area (Å²) in [6.07, 6.45) is -0.242. The number of benzene rings is 1. The van der Waals surface area contributed by atoms with Gasteiger partial charge in [-0.3, -0.25) is 0 Å². The Bertz CT molecular complexity index is 615. The summed E-state index contributed by atoms with van der Waals surface area (Å²) in [5.74, 6) is 0.231. The van der Waals surface area contributed by atoms with Crippen LogP contribution in [0, 0.1) is 0 Å². The van der Waals surface area contributed by atoms with E-state index in [4.69, 9.17) is 20.9 Å². The summed E-state index contributed by atoms with van der Waals surface area (Å²) in [6.45, 7) is 1.68. The molecule has 8 heteroatoms. The van der Waals surface area contributed by atoms with Crippen molar-refractivity contribution in [2.24, 2.45) is 0 Å². The number of nitrogens with two attached hydrogens (primary N) is 2. The zero-order chi connectivity index (χ0) is 15.9. The van der Waals surface area contributed by atoms with E-state index in [0.29, 0.717) is 12.2 Å².